The fourth-order valence-electron chi connectivity index (χ4n) is 1.43. The molecule has 0 spiro atoms. The van der Waals surface area contributed by atoms with Gasteiger partial charge in [0, 0.05) is 12.1 Å². The van der Waals surface area contributed by atoms with E-state index >= 15 is 0 Å². The molecule has 0 amide bonds. The van der Waals surface area contributed by atoms with E-state index in [1.165, 1.54) is 0 Å². The van der Waals surface area contributed by atoms with Crippen molar-refractivity contribution in [3.63, 3.8) is 0 Å². The zero-order chi connectivity index (χ0) is 17.9. The van der Waals surface area contributed by atoms with E-state index in [0.717, 1.165) is 0 Å². The number of halogens is 3. The van der Waals surface area contributed by atoms with Gasteiger partial charge in [-0.2, -0.15) is 23.2 Å². The fraction of sp³-hybridized carbons (Fsp3) is 0.111. The number of benzene rings is 1. The van der Waals surface area contributed by atoms with E-state index in [1.807, 2.05) is 0 Å². The van der Waals surface area contributed by atoms with Crippen LogP contribution in [0.4, 0.5) is 30.2 Å². The molecule has 0 unspecified atom stereocenters. The van der Waals surface area contributed by atoms with E-state index in [0.29, 0.717) is 0 Å². The molecule has 0 atom stereocenters. The zero-order valence-corrected chi connectivity index (χ0v) is 10.9. The topological polar surface area (TPSA) is 189 Å². The Kier molecular flexibility index (Phi) is 4.68. The van der Waals surface area contributed by atoms with Crippen LogP contribution in [0.25, 0.3) is 0 Å². The minimum atomic E-state index is -5.04. The van der Waals surface area contributed by atoms with Crippen LogP contribution in [0.15, 0.2) is 22.1 Å². The van der Waals surface area contributed by atoms with Gasteiger partial charge in [0.05, 0.1) is 15.4 Å². The first-order valence-corrected chi connectivity index (χ1v) is 5.41. The molecule has 0 aliphatic carbocycles. The number of guanidine groups is 2. The van der Waals surface area contributed by atoms with Crippen molar-refractivity contribution in [2.24, 2.45) is 27.2 Å². The van der Waals surface area contributed by atoms with E-state index in [2.05, 4.69) is 9.98 Å². The molecule has 14 heteroatoms. The zero-order valence-electron chi connectivity index (χ0n) is 10.9. The second-order valence-electron chi connectivity index (χ2n) is 3.88. The molecule has 0 heterocycles. The molecule has 1 aromatic rings. The van der Waals surface area contributed by atoms with Crippen LogP contribution in [0, 0.1) is 20.2 Å². The average molecular weight is 335 g/mol. The normalized spacial score (nSPS) is 11.9. The van der Waals surface area contributed by atoms with E-state index < -0.39 is 50.6 Å². The van der Waals surface area contributed by atoms with Crippen LogP contribution in [-0.4, -0.2) is 21.8 Å². The molecule has 0 bridgehead atoms. The summed E-state index contributed by atoms with van der Waals surface area (Å²) in [6.07, 6.45) is -5.04. The lowest BCUT2D eigenvalue weighted by Crippen LogP contribution is -2.26. The van der Waals surface area contributed by atoms with Crippen LogP contribution >= 0.6 is 0 Å². The third-order valence-electron chi connectivity index (χ3n) is 2.26. The molecule has 0 aliphatic heterocycles. The molecule has 0 saturated heterocycles. The van der Waals surface area contributed by atoms with E-state index in [4.69, 9.17) is 17.2 Å². The highest BCUT2D eigenvalue weighted by Crippen LogP contribution is 2.42. The lowest BCUT2D eigenvalue weighted by Gasteiger charge is -2.08. The number of hydrogen-bond donors (Lipinski definition) is 3. The molecule has 0 aliphatic rings. The summed E-state index contributed by atoms with van der Waals surface area (Å²) in [5.74, 6) is -1.42. The number of nitrogens with two attached hydrogens (primary N) is 3. The van der Waals surface area contributed by atoms with E-state index in [1.54, 1.807) is 0 Å². The van der Waals surface area contributed by atoms with Crippen LogP contribution in [-0.2, 0) is 6.18 Å². The number of nitrogens with zero attached hydrogens (tertiary/aromatic N) is 4. The molecule has 0 aromatic heterocycles. The Hall–Kier alpha value is -3.45. The second kappa shape index (κ2) is 6.12. The highest BCUT2D eigenvalue weighted by molar-refractivity contribution is 5.95. The molecular weight excluding hydrogens is 327 g/mol. The Morgan fingerprint density at radius 3 is 1.78 bits per heavy atom. The summed E-state index contributed by atoms with van der Waals surface area (Å²) >= 11 is 0. The summed E-state index contributed by atoms with van der Waals surface area (Å²) in [6, 6.07) is 0.184. The maximum Gasteiger partial charge on any atom is 0.416 e. The van der Waals surface area contributed by atoms with Gasteiger partial charge in [-0.15, -0.1) is 0 Å². The van der Waals surface area contributed by atoms with Crippen molar-refractivity contribution in [3.05, 3.63) is 37.9 Å². The monoisotopic (exact) mass is 335 g/mol. The molecule has 1 rings (SSSR count). The van der Waals surface area contributed by atoms with Gasteiger partial charge in [0.1, 0.15) is 0 Å². The van der Waals surface area contributed by atoms with Gasteiger partial charge in [-0.05, 0) is 0 Å². The van der Waals surface area contributed by atoms with Crippen molar-refractivity contribution < 1.29 is 23.0 Å². The van der Waals surface area contributed by atoms with Gasteiger partial charge in [0.2, 0.25) is 11.6 Å². The van der Waals surface area contributed by atoms with Gasteiger partial charge in [-0.3, -0.25) is 20.2 Å². The molecular formula is C9H8F3N7O4. The number of rotatable bonds is 3. The van der Waals surface area contributed by atoms with E-state index in [-0.39, 0.29) is 12.1 Å². The van der Waals surface area contributed by atoms with Gasteiger partial charge in [0.25, 0.3) is 0 Å². The summed E-state index contributed by atoms with van der Waals surface area (Å²) < 4.78 is 38.0. The average Bonchev–Trinajstić information content (AvgIpc) is 2.35. The highest BCUT2D eigenvalue weighted by atomic mass is 19.4. The van der Waals surface area contributed by atoms with Crippen LogP contribution in [0.3, 0.4) is 0 Å². The molecule has 0 saturated carbocycles. The maximum absolute atomic E-state index is 12.7. The first kappa shape index (κ1) is 17.6. The SMILES string of the molecule is NC(N)=NC(N)=Nc1c([N+](=O)[O-])cc(C(F)(F)F)cc1[N+](=O)[O-]. The van der Waals surface area contributed by atoms with Gasteiger partial charge in [0.15, 0.2) is 5.96 Å². The third kappa shape index (κ3) is 4.26. The molecule has 0 fully saturated rings. The fourth-order valence-corrected chi connectivity index (χ4v) is 1.43. The number of hydrogen-bond acceptors (Lipinski definition) is 5. The predicted molar refractivity (Wildman–Crippen MR) is 71.8 cm³/mol. The first-order valence-electron chi connectivity index (χ1n) is 5.41. The maximum atomic E-state index is 12.7. The van der Waals surface area contributed by atoms with Crippen LogP contribution in [0.2, 0.25) is 0 Å². The lowest BCUT2D eigenvalue weighted by molar-refractivity contribution is -0.392. The largest absolute Gasteiger partial charge is 0.416 e. The molecule has 0 radical (unpaired) electrons. The summed E-state index contributed by atoms with van der Waals surface area (Å²) in [7, 11) is 0. The van der Waals surface area contributed by atoms with Crippen molar-refractivity contribution in [1.82, 2.24) is 0 Å². The summed E-state index contributed by atoms with van der Waals surface area (Å²) in [4.78, 5) is 25.7. The summed E-state index contributed by atoms with van der Waals surface area (Å²) in [5, 5.41) is 21.8. The summed E-state index contributed by atoms with van der Waals surface area (Å²) in [5.41, 5.74) is 9.99. The first-order chi connectivity index (χ1) is 10.4. The van der Waals surface area contributed by atoms with Crippen LogP contribution in [0.1, 0.15) is 5.56 Å². The second-order valence-corrected chi connectivity index (χ2v) is 3.88. The molecule has 11 nitrogen and oxygen atoms in total. The number of alkyl halides is 3. The van der Waals surface area contributed by atoms with E-state index in [9.17, 15) is 33.4 Å². The van der Waals surface area contributed by atoms with Gasteiger partial charge < -0.3 is 17.2 Å². The molecule has 124 valence electrons. The van der Waals surface area contributed by atoms with Gasteiger partial charge in [-0.25, -0.2) is 0 Å². The van der Waals surface area contributed by atoms with Crippen molar-refractivity contribution in [3.8, 4) is 0 Å². The Morgan fingerprint density at radius 1 is 1.04 bits per heavy atom. The molecule has 23 heavy (non-hydrogen) atoms. The van der Waals surface area contributed by atoms with Crippen molar-refractivity contribution in [1.29, 1.82) is 0 Å². The molecule has 1 aromatic carbocycles. The minimum Gasteiger partial charge on any atom is -0.370 e. The Bertz CT molecular complexity index is 689. The van der Waals surface area contributed by atoms with Crippen molar-refractivity contribution >= 4 is 29.0 Å². The minimum absolute atomic E-state index is 0.0919. The van der Waals surface area contributed by atoms with Gasteiger partial charge >= 0.3 is 17.6 Å². The predicted octanol–water partition coefficient (Wildman–Crippen LogP) is 0.741. The standard InChI is InChI=1S/C9H8F3N7O4/c10-9(11,12)3-1-4(18(20)21)6(5(2-3)19(22)23)16-8(15)17-7(13)14/h1-2H,(H6,13,14,15,16,17). The van der Waals surface area contributed by atoms with Crippen LogP contribution in [0.5, 0.6) is 0 Å². The quantitative estimate of drug-likeness (QED) is 0.314. The third-order valence-corrected chi connectivity index (χ3v) is 2.26. The lowest BCUT2D eigenvalue weighted by atomic mass is 10.1. The Labute approximate surface area is 124 Å². The highest BCUT2D eigenvalue weighted by Gasteiger charge is 2.37. The van der Waals surface area contributed by atoms with Gasteiger partial charge in [-0.1, -0.05) is 0 Å². The molecule has 6 N–H and O–H groups in total. The summed E-state index contributed by atoms with van der Waals surface area (Å²) in [6.45, 7) is 0. The van der Waals surface area contributed by atoms with Crippen molar-refractivity contribution in [2.75, 3.05) is 0 Å². The Morgan fingerprint density at radius 2 is 1.48 bits per heavy atom. The van der Waals surface area contributed by atoms with Crippen molar-refractivity contribution in [2.45, 2.75) is 6.18 Å². The number of nitro groups is 2. The van der Waals surface area contributed by atoms with Crippen LogP contribution < -0.4 is 17.2 Å². The Balaban J connectivity index is 3.77. The smallest absolute Gasteiger partial charge is 0.370 e. The number of aliphatic imine (C=N–C) groups is 2. The number of nitro benzene ring substituents is 2.